The van der Waals surface area contributed by atoms with Gasteiger partial charge in [-0.05, 0) is 32.4 Å². The molecule has 1 rings (SSSR count). The van der Waals surface area contributed by atoms with E-state index >= 15 is 0 Å². The normalized spacial score (nSPS) is 11.5. The standard InChI is InChI=1S/C21H37N/c1-4-5-6-7-8-9-10-11-15-18-22(20(2)3)19-21-16-13-12-14-17-21/h12-14,16-17,20H,4-11,15,18-19H2,1-3H3. The lowest BCUT2D eigenvalue weighted by molar-refractivity contribution is 0.208. The van der Waals surface area contributed by atoms with Crippen LogP contribution in [0.5, 0.6) is 0 Å². The highest BCUT2D eigenvalue weighted by Gasteiger charge is 2.09. The molecule has 1 nitrogen and oxygen atoms in total. The van der Waals surface area contributed by atoms with Gasteiger partial charge < -0.3 is 0 Å². The third-order valence-electron chi connectivity index (χ3n) is 4.51. The number of unbranched alkanes of at least 4 members (excludes halogenated alkanes) is 8. The van der Waals surface area contributed by atoms with Gasteiger partial charge in [-0.15, -0.1) is 0 Å². The predicted molar refractivity (Wildman–Crippen MR) is 99.2 cm³/mol. The van der Waals surface area contributed by atoms with Gasteiger partial charge in [0.2, 0.25) is 0 Å². The molecule has 1 aromatic carbocycles. The fraction of sp³-hybridized carbons (Fsp3) is 0.714. The van der Waals surface area contributed by atoms with Crippen LogP contribution in [0.2, 0.25) is 0 Å². The Hall–Kier alpha value is -0.820. The highest BCUT2D eigenvalue weighted by Crippen LogP contribution is 2.12. The van der Waals surface area contributed by atoms with Crippen molar-refractivity contribution in [3.63, 3.8) is 0 Å². The molecule has 0 atom stereocenters. The first-order valence-corrected chi connectivity index (χ1v) is 9.52. The summed E-state index contributed by atoms with van der Waals surface area (Å²) in [6, 6.07) is 11.5. The molecule has 0 aliphatic carbocycles. The molecule has 1 aromatic rings. The summed E-state index contributed by atoms with van der Waals surface area (Å²) >= 11 is 0. The van der Waals surface area contributed by atoms with E-state index in [2.05, 4.69) is 56.0 Å². The molecule has 0 saturated heterocycles. The molecule has 0 N–H and O–H groups in total. The minimum absolute atomic E-state index is 0.634. The van der Waals surface area contributed by atoms with E-state index in [0.29, 0.717) is 6.04 Å². The first kappa shape index (κ1) is 19.2. The molecular weight excluding hydrogens is 266 g/mol. The maximum Gasteiger partial charge on any atom is 0.0236 e. The van der Waals surface area contributed by atoms with Crippen LogP contribution in [0.3, 0.4) is 0 Å². The van der Waals surface area contributed by atoms with Gasteiger partial charge in [-0.25, -0.2) is 0 Å². The van der Waals surface area contributed by atoms with Crippen LogP contribution in [-0.2, 0) is 6.54 Å². The zero-order chi connectivity index (χ0) is 16.0. The monoisotopic (exact) mass is 303 g/mol. The Morgan fingerprint density at radius 3 is 1.86 bits per heavy atom. The summed E-state index contributed by atoms with van der Waals surface area (Å²) in [6.45, 7) is 9.25. The first-order valence-electron chi connectivity index (χ1n) is 9.52. The molecule has 0 aliphatic rings. The van der Waals surface area contributed by atoms with E-state index in [1.165, 1.54) is 69.9 Å². The van der Waals surface area contributed by atoms with Gasteiger partial charge in [0.05, 0.1) is 0 Å². The van der Waals surface area contributed by atoms with E-state index in [0.717, 1.165) is 6.54 Å². The van der Waals surface area contributed by atoms with Gasteiger partial charge >= 0.3 is 0 Å². The summed E-state index contributed by atoms with van der Waals surface area (Å²) in [4.78, 5) is 2.61. The van der Waals surface area contributed by atoms with Crippen LogP contribution in [0.4, 0.5) is 0 Å². The van der Waals surface area contributed by atoms with Crippen LogP contribution in [0.1, 0.15) is 84.1 Å². The maximum absolute atomic E-state index is 2.61. The zero-order valence-corrected chi connectivity index (χ0v) is 15.2. The quantitative estimate of drug-likeness (QED) is 0.380. The summed E-state index contributed by atoms with van der Waals surface area (Å²) in [5, 5.41) is 0. The Kier molecular flexibility index (Phi) is 11.1. The number of rotatable bonds is 13. The Balaban J connectivity index is 2.09. The number of hydrogen-bond donors (Lipinski definition) is 0. The van der Waals surface area contributed by atoms with Gasteiger partial charge in [0, 0.05) is 12.6 Å². The van der Waals surface area contributed by atoms with E-state index in [9.17, 15) is 0 Å². The summed E-state index contributed by atoms with van der Waals surface area (Å²) in [5.41, 5.74) is 1.44. The van der Waals surface area contributed by atoms with E-state index in [1.54, 1.807) is 0 Å². The topological polar surface area (TPSA) is 3.24 Å². The molecule has 1 heteroatoms. The minimum atomic E-state index is 0.634. The Bertz CT molecular complexity index is 344. The van der Waals surface area contributed by atoms with Crippen molar-refractivity contribution in [2.24, 2.45) is 0 Å². The summed E-state index contributed by atoms with van der Waals surface area (Å²) in [5.74, 6) is 0. The molecule has 0 fully saturated rings. The Morgan fingerprint density at radius 2 is 1.32 bits per heavy atom. The van der Waals surface area contributed by atoms with Crippen LogP contribution in [0.15, 0.2) is 30.3 Å². The largest absolute Gasteiger partial charge is 0.297 e. The smallest absolute Gasteiger partial charge is 0.0236 e. The second kappa shape index (κ2) is 12.7. The maximum atomic E-state index is 2.61. The highest BCUT2D eigenvalue weighted by molar-refractivity contribution is 5.14. The SMILES string of the molecule is CCCCCCCCCCCN(Cc1ccccc1)C(C)C. The lowest BCUT2D eigenvalue weighted by atomic mass is 10.1. The van der Waals surface area contributed by atoms with Crippen molar-refractivity contribution in [2.75, 3.05) is 6.54 Å². The molecule has 0 amide bonds. The molecule has 126 valence electrons. The van der Waals surface area contributed by atoms with E-state index < -0.39 is 0 Å². The van der Waals surface area contributed by atoms with Gasteiger partial charge in [-0.3, -0.25) is 4.90 Å². The van der Waals surface area contributed by atoms with Crippen LogP contribution in [0, 0.1) is 0 Å². The van der Waals surface area contributed by atoms with Gasteiger partial charge in [0.1, 0.15) is 0 Å². The molecule has 0 aromatic heterocycles. The van der Waals surface area contributed by atoms with Crippen molar-refractivity contribution in [1.29, 1.82) is 0 Å². The number of hydrogen-bond acceptors (Lipinski definition) is 1. The van der Waals surface area contributed by atoms with E-state index in [-0.39, 0.29) is 0 Å². The fourth-order valence-electron chi connectivity index (χ4n) is 2.96. The summed E-state index contributed by atoms with van der Waals surface area (Å²) in [7, 11) is 0. The molecule has 0 saturated carbocycles. The second-order valence-electron chi connectivity index (χ2n) is 6.88. The molecule has 0 aliphatic heterocycles. The molecule has 22 heavy (non-hydrogen) atoms. The molecule has 0 bridgehead atoms. The molecule has 0 radical (unpaired) electrons. The average molecular weight is 304 g/mol. The molecular formula is C21H37N. The van der Waals surface area contributed by atoms with E-state index in [4.69, 9.17) is 0 Å². The summed E-state index contributed by atoms with van der Waals surface area (Å²) < 4.78 is 0. The van der Waals surface area contributed by atoms with Crippen molar-refractivity contribution in [2.45, 2.75) is 91.1 Å². The summed E-state index contributed by atoms with van der Waals surface area (Å²) in [6.07, 6.45) is 12.7. The van der Waals surface area contributed by atoms with Crippen LogP contribution in [-0.4, -0.2) is 17.5 Å². The third-order valence-corrected chi connectivity index (χ3v) is 4.51. The van der Waals surface area contributed by atoms with Crippen LogP contribution < -0.4 is 0 Å². The lowest BCUT2D eigenvalue weighted by Gasteiger charge is -2.26. The molecule has 0 unspecified atom stereocenters. The fourth-order valence-corrected chi connectivity index (χ4v) is 2.96. The second-order valence-corrected chi connectivity index (χ2v) is 6.88. The first-order chi connectivity index (χ1) is 10.7. The molecule has 0 heterocycles. The highest BCUT2D eigenvalue weighted by atomic mass is 15.1. The minimum Gasteiger partial charge on any atom is -0.297 e. The van der Waals surface area contributed by atoms with Crippen LogP contribution in [0.25, 0.3) is 0 Å². The molecule has 0 spiro atoms. The van der Waals surface area contributed by atoms with Crippen molar-refractivity contribution in [1.82, 2.24) is 4.90 Å². The van der Waals surface area contributed by atoms with Gasteiger partial charge in [-0.2, -0.15) is 0 Å². The zero-order valence-electron chi connectivity index (χ0n) is 15.2. The van der Waals surface area contributed by atoms with Crippen molar-refractivity contribution in [3.05, 3.63) is 35.9 Å². The number of benzene rings is 1. The average Bonchev–Trinajstić information content (AvgIpc) is 2.53. The van der Waals surface area contributed by atoms with Gasteiger partial charge in [0.15, 0.2) is 0 Å². The predicted octanol–water partition coefficient (Wildman–Crippen LogP) is 6.43. The van der Waals surface area contributed by atoms with Crippen molar-refractivity contribution in [3.8, 4) is 0 Å². The lowest BCUT2D eigenvalue weighted by Crippen LogP contribution is -2.31. The van der Waals surface area contributed by atoms with Gasteiger partial charge in [0.25, 0.3) is 0 Å². The van der Waals surface area contributed by atoms with Crippen LogP contribution >= 0.6 is 0 Å². The number of nitrogens with zero attached hydrogens (tertiary/aromatic N) is 1. The van der Waals surface area contributed by atoms with E-state index in [1.807, 2.05) is 0 Å². The Labute approximate surface area is 139 Å². The third kappa shape index (κ3) is 9.25. The van der Waals surface area contributed by atoms with Gasteiger partial charge in [-0.1, -0.05) is 88.6 Å². The van der Waals surface area contributed by atoms with Crippen molar-refractivity contribution >= 4 is 0 Å². The van der Waals surface area contributed by atoms with Crippen molar-refractivity contribution < 1.29 is 0 Å². The Morgan fingerprint density at radius 1 is 0.773 bits per heavy atom.